The predicted octanol–water partition coefficient (Wildman–Crippen LogP) is 2.61. The van der Waals surface area contributed by atoms with Crippen molar-refractivity contribution in [2.75, 3.05) is 5.32 Å². The number of carbonyl (C=O) groups excluding carboxylic acids is 1. The molecule has 0 saturated carbocycles. The Bertz CT molecular complexity index is 1160. The number of nitrogens with zero attached hydrogens (tertiary/aromatic N) is 3. The topological polar surface area (TPSA) is 106 Å². The van der Waals surface area contributed by atoms with Crippen molar-refractivity contribution in [3.63, 3.8) is 0 Å². The number of nitrogens with one attached hydrogen (secondary N) is 2. The number of carbonyl (C=O) groups is 1. The Morgan fingerprint density at radius 2 is 1.89 bits per heavy atom. The number of anilines is 1. The Morgan fingerprint density at radius 1 is 1.18 bits per heavy atom. The molecule has 2 N–H and O–H groups in total. The molecule has 9 heteroatoms. The van der Waals surface area contributed by atoms with Gasteiger partial charge in [-0.3, -0.25) is 9.48 Å². The van der Waals surface area contributed by atoms with E-state index >= 15 is 0 Å². The number of amides is 1. The Labute approximate surface area is 164 Å². The van der Waals surface area contributed by atoms with Crippen molar-refractivity contribution >= 4 is 32.7 Å². The normalized spacial score (nSPS) is 12.3. The fourth-order valence-electron chi connectivity index (χ4n) is 2.84. The van der Waals surface area contributed by atoms with Crippen LogP contribution in [0.5, 0.6) is 0 Å². The summed E-state index contributed by atoms with van der Waals surface area (Å²) in [5, 5.41) is 7.81. The summed E-state index contributed by atoms with van der Waals surface area (Å²) in [5.74, 6) is -0.379. The minimum Gasteiger partial charge on any atom is -0.322 e. The molecule has 0 aliphatic carbocycles. The minimum atomic E-state index is -3.70. The average molecular weight is 401 g/mol. The Balaban J connectivity index is 1.86. The van der Waals surface area contributed by atoms with Crippen LogP contribution < -0.4 is 10.0 Å². The first-order valence-electron chi connectivity index (χ1n) is 8.71. The summed E-state index contributed by atoms with van der Waals surface area (Å²) in [6.45, 7) is 7.14. The maximum atomic E-state index is 12.6. The van der Waals surface area contributed by atoms with Gasteiger partial charge in [0.25, 0.3) is 5.91 Å². The van der Waals surface area contributed by atoms with E-state index in [1.165, 1.54) is 18.3 Å². The quantitative estimate of drug-likeness (QED) is 0.699. The van der Waals surface area contributed by atoms with Gasteiger partial charge in [0.1, 0.15) is 0 Å². The highest BCUT2D eigenvalue weighted by Crippen LogP contribution is 2.20. The van der Waals surface area contributed by atoms with Crippen LogP contribution in [0.15, 0.2) is 41.4 Å². The van der Waals surface area contributed by atoms with Crippen molar-refractivity contribution in [2.24, 2.45) is 7.05 Å². The van der Waals surface area contributed by atoms with Crippen LogP contribution in [0.2, 0.25) is 0 Å². The maximum absolute atomic E-state index is 12.6. The summed E-state index contributed by atoms with van der Waals surface area (Å²) in [6.07, 6.45) is 1.47. The van der Waals surface area contributed by atoms with E-state index in [2.05, 4.69) is 20.1 Å². The summed E-state index contributed by atoms with van der Waals surface area (Å²) in [6, 6.07) is 7.85. The van der Waals surface area contributed by atoms with Crippen LogP contribution in [-0.2, 0) is 17.1 Å². The van der Waals surface area contributed by atoms with E-state index < -0.39 is 15.6 Å². The van der Waals surface area contributed by atoms with Crippen molar-refractivity contribution in [1.82, 2.24) is 19.5 Å². The number of hydrogen-bond donors (Lipinski definition) is 2. The van der Waals surface area contributed by atoms with E-state index in [0.29, 0.717) is 16.9 Å². The summed E-state index contributed by atoms with van der Waals surface area (Å²) < 4.78 is 29.2. The summed E-state index contributed by atoms with van der Waals surface area (Å²) in [7, 11) is -1.91. The number of aromatic nitrogens is 3. The van der Waals surface area contributed by atoms with Crippen LogP contribution in [0.4, 0.5) is 5.69 Å². The Hall–Kier alpha value is -2.78. The van der Waals surface area contributed by atoms with Gasteiger partial charge in [0.2, 0.25) is 10.0 Å². The number of sulfonamides is 1. The van der Waals surface area contributed by atoms with Crippen molar-refractivity contribution in [3.05, 3.63) is 47.8 Å². The van der Waals surface area contributed by atoms with Crippen LogP contribution in [0.1, 0.15) is 36.8 Å². The number of fused-ring (bicyclic) bond motifs is 1. The lowest BCUT2D eigenvalue weighted by atomic mass is 10.1. The van der Waals surface area contributed by atoms with Gasteiger partial charge >= 0.3 is 0 Å². The molecule has 3 aromatic rings. The second-order valence-electron chi connectivity index (χ2n) is 7.64. The maximum Gasteiger partial charge on any atom is 0.257 e. The van der Waals surface area contributed by atoms with E-state index in [4.69, 9.17) is 0 Å². The number of rotatable bonds is 4. The third-order valence-electron chi connectivity index (χ3n) is 3.97. The fraction of sp³-hybridized carbons (Fsp3) is 0.316. The van der Waals surface area contributed by atoms with Gasteiger partial charge in [-0.1, -0.05) is 6.07 Å². The lowest BCUT2D eigenvalue weighted by molar-refractivity contribution is 0.102. The van der Waals surface area contributed by atoms with Gasteiger partial charge in [0, 0.05) is 29.9 Å². The van der Waals surface area contributed by atoms with Gasteiger partial charge in [0.15, 0.2) is 5.65 Å². The standard InChI is InChI=1S/C19H23N5O3S/c1-12-16-9-13(11-20-17(16)24(5)22-12)18(25)21-14-7-6-8-15(10-14)28(26,27)23-19(2,3)4/h6-11,23H,1-5H3,(H,21,25). The first-order chi connectivity index (χ1) is 13.0. The van der Waals surface area contributed by atoms with E-state index in [0.717, 1.165) is 11.1 Å². The molecule has 0 saturated heterocycles. The SMILES string of the molecule is Cc1nn(C)c2ncc(C(=O)Nc3cccc(S(=O)(=O)NC(C)(C)C)c3)cc12. The molecule has 0 fully saturated rings. The molecule has 0 unspecified atom stereocenters. The monoisotopic (exact) mass is 401 g/mol. The van der Waals surface area contributed by atoms with Gasteiger partial charge in [-0.25, -0.2) is 18.1 Å². The Kier molecular flexibility index (Phi) is 4.99. The Morgan fingerprint density at radius 3 is 2.57 bits per heavy atom. The van der Waals surface area contributed by atoms with Gasteiger partial charge in [-0.05, 0) is 52.0 Å². The van der Waals surface area contributed by atoms with Gasteiger partial charge in [0.05, 0.1) is 16.2 Å². The molecule has 0 bridgehead atoms. The number of aryl methyl sites for hydroxylation is 2. The molecule has 1 aromatic carbocycles. The van der Waals surface area contributed by atoms with E-state index in [9.17, 15) is 13.2 Å². The van der Waals surface area contributed by atoms with Gasteiger partial charge in [-0.15, -0.1) is 0 Å². The second kappa shape index (κ2) is 6.99. The van der Waals surface area contributed by atoms with Crippen molar-refractivity contribution < 1.29 is 13.2 Å². The largest absolute Gasteiger partial charge is 0.322 e. The summed E-state index contributed by atoms with van der Waals surface area (Å²) in [5.41, 5.74) is 1.60. The number of benzene rings is 1. The zero-order chi connectivity index (χ0) is 20.7. The van der Waals surface area contributed by atoms with Crippen LogP contribution in [0.3, 0.4) is 0 Å². The number of hydrogen-bond acceptors (Lipinski definition) is 5. The predicted molar refractivity (Wildman–Crippen MR) is 108 cm³/mol. The zero-order valence-corrected chi connectivity index (χ0v) is 17.3. The van der Waals surface area contributed by atoms with E-state index in [1.807, 2.05) is 6.92 Å². The highest BCUT2D eigenvalue weighted by Gasteiger charge is 2.22. The van der Waals surface area contributed by atoms with Crippen molar-refractivity contribution in [1.29, 1.82) is 0 Å². The van der Waals surface area contributed by atoms with E-state index in [1.54, 1.807) is 50.7 Å². The molecule has 148 valence electrons. The van der Waals surface area contributed by atoms with Crippen LogP contribution >= 0.6 is 0 Å². The van der Waals surface area contributed by atoms with Gasteiger partial charge < -0.3 is 5.32 Å². The van der Waals surface area contributed by atoms with Crippen LogP contribution in [-0.4, -0.2) is 34.6 Å². The summed E-state index contributed by atoms with van der Waals surface area (Å²) in [4.78, 5) is 17.0. The molecule has 8 nitrogen and oxygen atoms in total. The van der Waals surface area contributed by atoms with Crippen molar-refractivity contribution in [2.45, 2.75) is 38.1 Å². The molecule has 0 radical (unpaired) electrons. The molecular weight excluding hydrogens is 378 g/mol. The molecule has 0 aliphatic rings. The van der Waals surface area contributed by atoms with Gasteiger partial charge in [-0.2, -0.15) is 5.10 Å². The molecule has 28 heavy (non-hydrogen) atoms. The lowest BCUT2D eigenvalue weighted by Crippen LogP contribution is -2.40. The second-order valence-corrected chi connectivity index (χ2v) is 9.32. The minimum absolute atomic E-state index is 0.0805. The fourth-order valence-corrected chi connectivity index (χ4v) is 4.30. The summed E-state index contributed by atoms with van der Waals surface area (Å²) >= 11 is 0. The molecule has 2 heterocycles. The van der Waals surface area contributed by atoms with Crippen LogP contribution in [0.25, 0.3) is 11.0 Å². The third-order valence-corrected chi connectivity index (χ3v) is 5.72. The first-order valence-corrected chi connectivity index (χ1v) is 10.2. The van der Waals surface area contributed by atoms with Crippen LogP contribution in [0, 0.1) is 6.92 Å². The third kappa shape index (κ3) is 4.20. The molecule has 1 amide bonds. The zero-order valence-electron chi connectivity index (χ0n) is 16.4. The lowest BCUT2D eigenvalue weighted by Gasteiger charge is -2.20. The highest BCUT2D eigenvalue weighted by atomic mass is 32.2. The average Bonchev–Trinajstić information content (AvgIpc) is 2.87. The molecule has 0 spiro atoms. The molecular formula is C19H23N5O3S. The molecule has 0 aliphatic heterocycles. The van der Waals surface area contributed by atoms with E-state index in [-0.39, 0.29) is 10.8 Å². The molecule has 3 rings (SSSR count). The molecule has 0 atom stereocenters. The highest BCUT2D eigenvalue weighted by molar-refractivity contribution is 7.89. The van der Waals surface area contributed by atoms with Crippen molar-refractivity contribution in [3.8, 4) is 0 Å². The smallest absolute Gasteiger partial charge is 0.257 e. The first kappa shape index (κ1) is 20.0. The number of pyridine rings is 1. The molecule has 2 aromatic heterocycles.